The van der Waals surface area contributed by atoms with Crippen molar-refractivity contribution in [1.82, 2.24) is 0 Å². The third kappa shape index (κ3) is 38.1. The molecule has 3 heteroatoms. The van der Waals surface area contributed by atoms with Gasteiger partial charge in [-0.05, 0) is 25.7 Å². The topological polar surface area (TPSA) is 18.5 Å². The highest BCUT2D eigenvalue weighted by molar-refractivity contribution is 7.59. The van der Waals surface area contributed by atoms with Gasteiger partial charge in [-0.3, -0.25) is 0 Å². The van der Waals surface area contributed by atoms with E-state index in [1.807, 2.05) is 34.6 Å². The molecule has 0 spiro atoms. The summed E-state index contributed by atoms with van der Waals surface area (Å²) in [4.78, 5) is 0. The molecule has 0 saturated carbocycles. The molecule has 0 fully saturated rings. The molecule has 1 unspecified atom stereocenters. The Labute approximate surface area is 131 Å². The molecule has 19 heavy (non-hydrogen) atoms. The molecule has 0 N–H and O–H groups in total. The van der Waals surface area contributed by atoms with Crippen LogP contribution in [0, 0.1) is 5.41 Å². The minimum absolute atomic E-state index is 0. The van der Waals surface area contributed by atoms with Crippen molar-refractivity contribution >= 4 is 13.5 Å². The normalized spacial score (nSPS) is 10.3. The van der Waals surface area contributed by atoms with E-state index in [4.69, 9.17) is 9.47 Å². The average molecular weight is 299 g/mol. The van der Waals surface area contributed by atoms with Crippen molar-refractivity contribution in [3.63, 3.8) is 0 Å². The molecule has 0 saturated heterocycles. The van der Waals surface area contributed by atoms with Crippen LogP contribution in [0.4, 0.5) is 0 Å². The zero-order valence-electron chi connectivity index (χ0n) is 15.5. The summed E-state index contributed by atoms with van der Waals surface area (Å²) in [6.07, 6.45) is 1.48. The molecule has 0 aromatic rings. The van der Waals surface area contributed by atoms with Crippen LogP contribution in [0.15, 0.2) is 0 Å². The Morgan fingerprint density at radius 3 is 1.37 bits per heavy atom. The lowest BCUT2D eigenvalue weighted by atomic mass is 9.90. The van der Waals surface area contributed by atoms with Crippen molar-refractivity contribution in [2.75, 3.05) is 20.3 Å². The SMILES string of the molecule is CC.CC.CCCOCC.COC(C)C(C)(C)C.S. The average Bonchev–Trinajstić information content (AvgIpc) is 2.39. The van der Waals surface area contributed by atoms with Gasteiger partial charge in [0.15, 0.2) is 0 Å². The van der Waals surface area contributed by atoms with E-state index >= 15 is 0 Å². The van der Waals surface area contributed by atoms with Crippen LogP contribution in [0.25, 0.3) is 0 Å². The predicted octanol–water partition coefficient (Wildman–Crippen LogP) is 5.67. The van der Waals surface area contributed by atoms with Crippen molar-refractivity contribution in [2.45, 2.75) is 81.8 Å². The van der Waals surface area contributed by atoms with Gasteiger partial charge in [-0.1, -0.05) is 55.4 Å². The molecular formula is C16H42O2S. The maximum Gasteiger partial charge on any atom is 0.0591 e. The van der Waals surface area contributed by atoms with Gasteiger partial charge in [0.05, 0.1) is 6.10 Å². The van der Waals surface area contributed by atoms with Gasteiger partial charge < -0.3 is 9.47 Å². The van der Waals surface area contributed by atoms with Gasteiger partial charge in [0, 0.05) is 20.3 Å². The molecule has 0 aliphatic heterocycles. The smallest absolute Gasteiger partial charge is 0.0591 e. The largest absolute Gasteiger partial charge is 0.382 e. The van der Waals surface area contributed by atoms with E-state index in [0.717, 1.165) is 19.6 Å². The Kier molecular flexibility index (Phi) is 44.5. The zero-order chi connectivity index (χ0) is 15.6. The molecule has 0 bridgehead atoms. The van der Waals surface area contributed by atoms with Gasteiger partial charge in [-0.25, -0.2) is 0 Å². The van der Waals surface area contributed by atoms with Gasteiger partial charge in [0.1, 0.15) is 0 Å². The first-order valence-electron chi connectivity index (χ1n) is 7.50. The number of methoxy groups -OCH3 is 1. The summed E-state index contributed by atoms with van der Waals surface area (Å²) < 4.78 is 10.1. The van der Waals surface area contributed by atoms with Crippen molar-refractivity contribution < 1.29 is 9.47 Å². The molecule has 0 aromatic heterocycles. The summed E-state index contributed by atoms with van der Waals surface area (Å²) in [7, 11) is 1.75. The third-order valence-electron chi connectivity index (χ3n) is 2.13. The highest BCUT2D eigenvalue weighted by atomic mass is 32.1. The Morgan fingerprint density at radius 2 is 1.32 bits per heavy atom. The zero-order valence-corrected chi connectivity index (χ0v) is 16.5. The minimum atomic E-state index is 0. The van der Waals surface area contributed by atoms with Crippen LogP contribution < -0.4 is 0 Å². The lowest BCUT2D eigenvalue weighted by Gasteiger charge is -2.25. The maximum absolute atomic E-state index is 5.11. The Bertz CT molecular complexity index is 108. The first kappa shape index (κ1) is 31.6. The van der Waals surface area contributed by atoms with Crippen LogP contribution in [0.2, 0.25) is 0 Å². The fourth-order valence-electron chi connectivity index (χ4n) is 0.642. The van der Waals surface area contributed by atoms with E-state index in [2.05, 4.69) is 34.6 Å². The van der Waals surface area contributed by atoms with Gasteiger partial charge in [-0.15, -0.1) is 0 Å². The lowest BCUT2D eigenvalue weighted by Crippen LogP contribution is -2.24. The molecule has 0 aliphatic carbocycles. The summed E-state index contributed by atoms with van der Waals surface area (Å²) in [6.45, 7) is 22.5. The highest BCUT2D eigenvalue weighted by Gasteiger charge is 2.18. The molecule has 0 aliphatic rings. The Hall–Kier alpha value is 0.270. The second-order valence-corrected chi connectivity index (χ2v) is 4.44. The molecule has 2 nitrogen and oxygen atoms in total. The van der Waals surface area contributed by atoms with Crippen LogP contribution in [-0.4, -0.2) is 26.4 Å². The van der Waals surface area contributed by atoms with Gasteiger partial charge in [0.2, 0.25) is 0 Å². The third-order valence-corrected chi connectivity index (χ3v) is 2.13. The highest BCUT2D eigenvalue weighted by Crippen LogP contribution is 2.20. The fraction of sp³-hybridized carbons (Fsp3) is 1.00. The summed E-state index contributed by atoms with van der Waals surface area (Å²) in [5.41, 5.74) is 0.286. The van der Waals surface area contributed by atoms with E-state index in [9.17, 15) is 0 Å². The molecule has 0 aromatic carbocycles. The van der Waals surface area contributed by atoms with Gasteiger partial charge >= 0.3 is 0 Å². The number of hydrogen-bond acceptors (Lipinski definition) is 2. The van der Waals surface area contributed by atoms with Crippen molar-refractivity contribution in [3.05, 3.63) is 0 Å². The lowest BCUT2D eigenvalue weighted by molar-refractivity contribution is 0.0314. The van der Waals surface area contributed by atoms with Crippen LogP contribution in [0.1, 0.15) is 75.7 Å². The Balaban J connectivity index is -0.0000000531. The van der Waals surface area contributed by atoms with E-state index in [-0.39, 0.29) is 18.9 Å². The summed E-state index contributed by atoms with van der Waals surface area (Å²) in [5, 5.41) is 0. The standard InChI is InChI=1S/C7H16O.C5H12O.2C2H6.H2S/c1-6(8-5)7(2,3)4;1-3-5-6-4-2;2*1-2;/h6H,1-5H3;3-5H2,1-2H3;2*1-2H3;1H2. The van der Waals surface area contributed by atoms with Crippen molar-refractivity contribution in [2.24, 2.45) is 5.41 Å². The Morgan fingerprint density at radius 1 is 0.947 bits per heavy atom. The molecule has 0 amide bonds. The quantitative estimate of drug-likeness (QED) is 0.623. The second-order valence-electron chi connectivity index (χ2n) is 4.44. The molecule has 124 valence electrons. The van der Waals surface area contributed by atoms with Crippen LogP contribution in [0.3, 0.4) is 0 Å². The van der Waals surface area contributed by atoms with Crippen LogP contribution >= 0.6 is 13.5 Å². The number of hydrogen-bond donors (Lipinski definition) is 0. The van der Waals surface area contributed by atoms with Crippen molar-refractivity contribution in [3.8, 4) is 0 Å². The van der Waals surface area contributed by atoms with Crippen LogP contribution in [-0.2, 0) is 9.47 Å². The first-order valence-corrected chi connectivity index (χ1v) is 7.50. The van der Waals surface area contributed by atoms with E-state index in [1.165, 1.54) is 0 Å². The first-order chi connectivity index (χ1) is 8.40. The molecular weight excluding hydrogens is 256 g/mol. The molecule has 0 radical (unpaired) electrons. The second kappa shape index (κ2) is 26.8. The summed E-state index contributed by atoms with van der Waals surface area (Å²) in [6, 6.07) is 0. The van der Waals surface area contributed by atoms with E-state index in [0.29, 0.717) is 6.10 Å². The monoisotopic (exact) mass is 298 g/mol. The van der Waals surface area contributed by atoms with E-state index in [1.54, 1.807) is 7.11 Å². The summed E-state index contributed by atoms with van der Waals surface area (Å²) >= 11 is 0. The summed E-state index contributed by atoms with van der Waals surface area (Å²) in [5.74, 6) is 0. The molecule has 1 atom stereocenters. The van der Waals surface area contributed by atoms with E-state index < -0.39 is 0 Å². The van der Waals surface area contributed by atoms with Gasteiger partial charge in [0.25, 0.3) is 0 Å². The predicted molar refractivity (Wildman–Crippen MR) is 95.8 cm³/mol. The van der Waals surface area contributed by atoms with Crippen molar-refractivity contribution in [1.29, 1.82) is 0 Å². The number of rotatable bonds is 4. The minimum Gasteiger partial charge on any atom is -0.382 e. The maximum atomic E-state index is 5.11. The molecule has 0 rings (SSSR count). The van der Waals surface area contributed by atoms with Crippen LogP contribution in [0.5, 0.6) is 0 Å². The number of ether oxygens (including phenoxy) is 2. The fourth-order valence-corrected chi connectivity index (χ4v) is 0.642. The molecule has 0 heterocycles. The van der Waals surface area contributed by atoms with Gasteiger partial charge in [-0.2, -0.15) is 13.5 Å².